The molecular formula is C16H18N2O5S2. The fourth-order valence-corrected chi connectivity index (χ4v) is 5.21. The first-order valence-electron chi connectivity index (χ1n) is 7.70. The zero-order valence-electron chi connectivity index (χ0n) is 13.4. The van der Waals surface area contributed by atoms with Gasteiger partial charge in [0.2, 0.25) is 0 Å². The first-order chi connectivity index (χ1) is 12.0. The Morgan fingerprint density at radius 1 is 1.16 bits per heavy atom. The number of sulfonamides is 1. The minimum atomic E-state index is -3.42. The number of nitrogens with zero attached hydrogens (tertiary/aromatic N) is 2. The Balaban J connectivity index is 1.64. The molecule has 1 fully saturated rings. The molecule has 0 saturated carbocycles. The lowest BCUT2D eigenvalue weighted by Crippen LogP contribution is -2.48. The highest BCUT2D eigenvalue weighted by Crippen LogP contribution is 2.25. The Bertz CT molecular complexity index is 828. The average Bonchev–Trinajstić information content (AvgIpc) is 3.16. The van der Waals surface area contributed by atoms with Crippen molar-refractivity contribution in [3.63, 3.8) is 0 Å². The predicted molar refractivity (Wildman–Crippen MR) is 94.9 cm³/mol. The fourth-order valence-electron chi connectivity index (χ4n) is 2.64. The van der Waals surface area contributed by atoms with Crippen LogP contribution in [-0.2, 0) is 14.8 Å². The molecule has 134 valence electrons. The van der Waals surface area contributed by atoms with Gasteiger partial charge in [-0.1, -0.05) is 12.1 Å². The molecule has 9 heteroatoms. The quantitative estimate of drug-likeness (QED) is 0.819. The molecule has 0 aliphatic carbocycles. The van der Waals surface area contributed by atoms with Crippen LogP contribution in [-0.4, -0.2) is 56.6 Å². The van der Waals surface area contributed by atoms with Gasteiger partial charge in [-0.05, 0) is 23.6 Å². The SMILES string of the molecule is O=C(O)COc1cccc(N2CCN(S(=O)(=O)c3cccs3)CC2)c1. The standard InChI is InChI=1S/C16H18N2O5S2/c19-15(20)12-23-14-4-1-3-13(11-14)17-6-8-18(9-7-17)25(21,22)16-5-2-10-24-16/h1-5,10-11H,6-9,12H2,(H,19,20). The van der Waals surface area contributed by atoms with E-state index in [-0.39, 0.29) is 0 Å². The maximum Gasteiger partial charge on any atom is 0.341 e. The van der Waals surface area contributed by atoms with Gasteiger partial charge in [-0.25, -0.2) is 13.2 Å². The highest BCUT2D eigenvalue weighted by molar-refractivity contribution is 7.91. The van der Waals surface area contributed by atoms with Crippen molar-refractivity contribution in [2.75, 3.05) is 37.7 Å². The zero-order chi connectivity index (χ0) is 17.9. The summed E-state index contributed by atoms with van der Waals surface area (Å²) in [5.74, 6) is -0.550. The molecular weight excluding hydrogens is 364 g/mol. The molecule has 0 radical (unpaired) electrons. The van der Waals surface area contributed by atoms with Crippen LogP contribution < -0.4 is 9.64 Å². The molecule has 1 N–H and O–H groups in total. The van der Waals surface area contributed by atoms with Crippen LogP contribution in [0.2, 0.25) is 0 Å². The van der Waals surface area contributed by atoms with Crippen molar-refractivity contribution >= 4 is 33.0 Å². The minimum absolute atomic E-state index is 0.366. The van der Waals surface area contributed by atoms with Gasteiger partial charge in [0.25, 0.3) is 10.0 Å². The molecule has 3 rings (SSSR count). The highest BCUT2D eigenvalue weighted by atomic mass is 32.2. The number of hydrogen-bond donors (Lipinski definition) is 1. The summed E-state index contributed by atoms with van der Waals surface area (Å²) in [6, 6.07) is 10.5. The van der Waals surface area contributed by atoms with Gasteiger partial charge in [-0.15, -0.1) is 11.3 Å². The largest absolute Gasteiger partial charge is 0.482 e. The number of aliphatic carboxylic acids is 1. The van der Waals surface area contributed by atoms with Crippen molar-refractivity contribution in [3.8, 4) is 5.75 Å². The average molecular weight is 382 g/mol. The van der Waals surface area contributed by atoms with E-state index in [1.807, 2.05) is 6.07 Å². The molecule has 0 atom stereocenters. The molecule has 1 aromatic carbocycles. The number of anilines is 1. The smallest absolute Gasteiger partial charge is 0.341 e. The summed E-state index contributed by atoms with van der Waals surface area (Å²) in [5.41, 5.74) is 0.885. The third-order valence-corrected chi connectivity index (χ3v) is 7.14. The highest BCUT2D eigenvalue weighted by Gasteiger charge is 2.29. The third-order valence-electron chi connectivity index (χ3n) is 3.87. The van der Waals surface area contributed by atoms with Crippen LogP contribution in [0.5, 0.6) is 5.75 Å². The fraction of sp³-hybridized carbons (Fsp3) is 0.312. The zero-order valence-corrected chi connectivity index (χ0v) is 15.0. The molecule has 0 spiro atoms. The van der Waals surface area contributed by atoms with Gasteiger partial charge in [-0.3, -0.25) is 0 Å². The Hall–Kier alpha value is -2.10. The van der Waals surface area contributed by atoms with Gasteiger partial charge in [0.05, 0.1) is 0 Å². The third kappa shape index (κ3) is 4.12. The van der Waals surface area contributed by atoms with E-state index in [9.17, 15) is 13.2 Å². The second-order valence-corrected chi connectivity index (χ2v) is 8.62. The van der Waals surface area contributed by atoms with Crippen LogP contribution in [0.3, 0.4) is 0 Å². The van der Waals surface area contributed by atoms with Gasteiger partial charge < -0.3 is 14.7 Å². The van der Waals surface area contributed by atoms with Crippen LogP contribution in [0.25, 0.3) is 0 Å². The van der Waals surface area contributed by atoms with Crippen molar-refractivity contribution in [3.05, 3.63) is 41.8 Å². The van der Waals surface area contributed by atoms with E-state index in [0.717, 1.165) is 5.69 Å². The monoisotopic (exact) mass is 382 g/mol. The summed E-state index contributed by atoms with van der Waals surface area (Å²) >= 11 is 1.22. The van der Waals surface area contributed by atoms with Crippen LogP contribution in [0.15, 0.2) is 46.0 Å². The predicted octanol–water partition coefficient (Wildman–Crippen LogP) is 1.72. The second-order valence-electron chi connectivity index (χ2n) is 5.50. The molecule has 0 amide bonds. The van der Waals surface area contributed by atoms with E-state index in [0.29, 0.717) is 36.1 Å². The molecule has 0 unspecified atom stereocenters. The summed E-state index contributed by atoms with van der Waals surface area (Å²) < 4.78 is 32.1. The molecule has 25 heavy (non-hydrogen) atoms. The molecule has 7 nitrogen and oxygen atoms in total. The van der Waals surface area contributed by atoms with E-state index in [1.165, 1.54) is 15.6 Å². The van der Waals surface area contributed by atoms with Crippen molar-refractivity contribution in [2.45, 2.75) is 4.21 Å². The van der Waals surface area contributed by atoms with E-state index in [1.54, 1.807) is 35.7 Å². The molecule has 1 aliphatic heterocycles. The molecule has 1 saturated heterocycles. The maximum absolute atomic E-state index is 12.5. The van der Waals surface area contributed by atoms with Gasteiger partial charge in [0, 0.05) is 37.9 Å². The number of rotatable bonds is 6. The Morgan fingerprint density at radius 3 is 2.56 bits per heavy atom. The Labute approximate surface area is 150 Å². The van der Waals surface area contributed by atoms with Gasteiger partial charge >= 0.3 is 5.97 Å². The lowest BCUT2D eigenvalue weighted by atomic mass is 10.2. The van der Waals surface area contributed by atoms with Gasteiger partial charge in [0.1, 0.15) is 9.96 Å². The number of ether oxygens (including phenoxy) is 1. The lowest BCUT2D eigenvalue weighted by Gasteiger charge is -2.35. The molecule has 1 aromatic heterocycles. The van der Waals surface area contributed by atoms with E-state index < -0.39 is 22.6 Å². The van der Waals surface area contributed by atoms with E-state index in [2.05, 4.69) is 4.90 Å². The summed E-state index contributed by atoms with van der Waals surface area (Å²) in [7, 11) is -3.42. The second kappa shape index (κ2) is 7.42. The van der Waals surface area contributed by atoms with Crippen molar-refractivity contribution in [1.29, 1.82) is 0 Å². The van der Waals surface area contributed by atoms with Crippen LogP contribution in [0, 0.1) is 0 Å². The Kier molecular flexibility index (Phi) is 5.26. The van der Waals surface area contributed by atoms with Crippen molar-refractivity contribution in [2.24, 2.45) is 0 Å². The van der Waals surface area contributed by atoms with E-state index >= 15 is 0 Å². The molecule has 2 aromatic rings. The lowest BCUT2D eigenvalue weighted by molar-refractivity contribution is -0.139. The maximum atomic E-state index is 12.5. The molecule has 2 heterocycles. The van der Waals surface area contributed by atoms with Crippen LogP contribution >= 0.6 is 11.3 Å². The summed E-state index contributed by atoms with van der Waals surface area (Å²) in [6.45, 7) is 1.54. The van der Waals surface area contributed by atoms with Crippen LogP contribution in [0.1, 0.15) is 0 Å². The normalized spacial score (nSPS) is 15.9. The van der Waals surface area contributed by atoms with E-state index in [4.69, 9.17) is 9.84 Å². The minimum Gasteiger partial charge on any atom is -0.482 e. The number of carboxylic acids is 1. The number of benzene rings is 1. The summed E-state index contributed by atoms with van der Waals surface area (Å²) in [6.07, 6.45) is 0. The molecule has 0 bridgehead atoms. The van der Waals surface area contributed by atoms with Crippen molar-refractivity contribution < 1.29 is 23.1 Å². The van der Waals surface area contributed by atoms with Gasteiger partial charge in [0.15, 0.2) is 6.61 Å². The number of piperazine rings is 1. The molecule has 1 aliphatic rings. The van der Waals surface area contributed by atoms with Crippen LogP contribution in [0.4, 0.5) is 5.69 Å². The number of hydrogen-bond acceptors (Lipinski definition) is 6. The number of carboxylic acid groups (broad SMARTS) is 1. The summed E-state index contributed by atoms with van der Waals surface area (Å²) in [5, 5.41) is 10.4. The summed E-state index contributed by atoms with van der Waals surface area (Å²) in [4.78, 5) is 12.7. The van der Waals surface area contributed by atoms with Crippen molar-refractivity contribution in [1.82, 2.24) is 4.31 Å². The number of thiophene rings is 1. The first-order valence-corrected chi connectivity index (χ1v) is 10.0. The first kappa shape index (κ1) is 17.7. The number of carbonyl (C=O) groups is 1. The Morgan fingerprint density at radius 2 is 1.92 bits per heavy atom. The van der Waals surface area contributed by atoms with Gasteiger partial charge in [-0.2, -0.15) is 4.31 Å². The topological polar surface area (TPSA) is 87.2 Å².